The van der Waals surface area contributed by atoms with Crippen LogP contribution in [0.25, 0.3) is 0 Å². The Hall–Kier alpha value is -1.15. The van der Waals surface area contributed by atoms with Crippen LogP contribution in [0.2, 0.25) is 0 Å². The Morgan fingerprint density at radius 2 is 2.33 bits per heavy atom. The SMILES string of the molecule is CCCCS(=O)(=O)Nc1nnc(C2CCCN2)o1. The second-order valence-electron chi connectivity index (χ2n) is 4.37. The molecule has 0 amide bonds. The minimum atomic E-state index is -3.37. The van der Waals surface area contributed by atoms with Crippen LogP contribution in [0.1, 0.15) is 44.5 Å². The third kappa shape index (κ3) is 3.42. The molecule has 0 saturated carbocycles. The lowest BCUT2D eigenvalue weighted by Crippen LogP contribution is -2.16. The summed E-state index contributed by atoms with van der Waals surface area (Å²) in [7, 11) is -3.37. The van der Waals surface area contributed by atoms with E-state index in [0.29, 0.717) is 12.3 Å². The van der Waals surface area contributed by atoms with Crippen LogP contribution in [0.15, 0.2) is 4.42 Å². The van der Waals surface area contributed by atoms with Crippen molar-refractivity contribution in [1.82, 2.24) is 15.5 Å². The fourth-order valence-corrected chi connectivity index (χ4v) is 2.95. The van der Waals surface area contributed by atoms with Gasteiger partial charge in [0.2, 0.25) is 15.9 Å². The normalized spacial score (nSPS) is 20.2. The molecule has 0 spiro atoms. The summed E-state index contributed by atoms with van der Waals surface area (Å²) >= 11 is 0. The molecule has 0 aliphatic carbocycles. The number of nitrogens with one attached hydrogen (secondary N) is 2. The van der Waals surface area contributed by atoms with Crippen molar-refractivity contribution in [2.75, 3.05) is 17.0 Å². The van der Waals surface area contributed by atoms with Gasteiger partial charge in [0, 0.05) is 0 Å². The van der Waals surface area contributed by atoms with Crippen LogP contribution in [-0.4, -0.2) is 30.9 Å². The number of hydrogen-bond donors (Lipinski definition) is 2. The third-order valence-electron chi connectivity index (χ3n) is 2.81. The van der Waals surface area contributed by atoms with E-state index in [1.54, 1.807) is 0 Å². The second-order valence-corrected chi connectivity index (χ2v) is 6.21. The molecule has 7 nitrogen and oxygen atoms in total. The molecule has 1 saturated heterocycles. The minimum absolute atomic E-state index is 0.0465. The summed E-state index contributed by atoms with van der Waals surface area (Å²) in [6.45, 7) is 2.86. The molecule has 102 valence electrons. The number of anilines is 1. The quantitative estimate of drug-likeness (QED) is 0.804. The summed E-state index contributed by atoms with van der Waals surface area (Å²) in [5, 5.41) is 10.8. The van der Waals surface area contributed by atoms with E-state index in [1.807, 2.05) is 6.92 Å². The second kappa shape index (κ2) is 5.66. The zero-order valence-electron chi connectivity index (χ0n) is 10.3. The number of aromatic nitrogens is 2. The van der Waals surface area contributed by atoms with Gasteiger partial charge in [0.15, 0.2) is 0 Å². The Bertz CT molecular complexity index is 479. The Morgan fingerprint density at radius 3 is 3.00 bits per heavy atom. The molecule has 8 heteroatoms. The molecule has 1 aliphatic heterocycles. The molecular formula is C10H18N4O3S. The highest BCUT2D eigenvalue weighted by Gasteiger charge is 2.23. The van der Waals surface area contributed by atoms with E-state index in [9.17, 15) is 8.42 Å². The molecule has 1 aromatic heterocycles. The van der Waals surface area contributed by atoms with Crippen LogP contribution >= 0.6 is 0 Å². The summed E-state index contributed by atoms with van der Waals surface area (Å²) in [5.41, 5.74) is 0. The lowest BCUT2D eigenvalue weighted by molar-refractivity contribution is 0.439. The minimum Gasteiger partial charge on any atom is -0.406 e. The van der Waals surface area contributed by atoms with Crippen LogP contribution in [0.5, 0.6) is 0 Å². The molecule has 18 heavy (non-hydrogen) atoms. The van der Waals surface area contributed by atoms with Gasteiger partial charge in [0.05, 0.1) is 11.8 Å². The van der Waals surface area contributed by atoms with Gasteiger partial charge in [-0.1, -0.05) is 18.4 Å². The standard InChI is InChI=1S/C10H18N4O3S/c1-2-3-7-18(15,16)14-10-13-12-9(17-10)8-5-4-6-11-8/h8,11H,2-7H2,1H3,(H,13,14). The first kappa shape index (κ1) is 13.3. The summed E-state index contributed by atoms with van der Waals surface area (Å²) in [4.78, 5) is 0. The Morgan fingerprint density at radius 1 is 1.50 bits per heavy atom. The smallest absolute Gasteiger partial charge is 0.329 e. The maximum atomic E-state index is 11.6. The predicted octanol–water partition coefficient (Wildman–Crippen LogP) is 1.04. The van der Waals surface area contributed by atoms with Gasteiger partial charge in [-0.05, 0) is 25.8 Å². The van der Waals surface area contributed by atoms with Crippen molar-refractivity contribution in [2.24, 2.45) is 0 Å². The van der Waals surface area contributed by atoms with Crippen molar-refractivity contribution in [3.63, 3.8) is 0 Å². The number of unbranched alkanes of at least 4 members (excludes halogenated alkanes) is 1. The molecule has 1 aromatic rings. The zero-order chi connectivity index (χ0) is 13.0. The van der Waals surface area contributed by atoms with Gasteiger partial charge in [-0.25, -0.2) is 13.1 Å². The van der Waals surface area contributed by atoms with Gasteiger partial charge in [-0.2, -0.15) is 0 Å². The van der Waals surface area contributed by atoms with Crippen LogP contribution in [0, 0.1) is 0 Å². The molecule has 2 N–H and O–H groups in total. The van der Waals surface area contributed by atoms with Gasteiger partial charge < -0.3 is 9.73 Å². The summed E-state index contributed by atoms with van der Waals surface area (Å²) < 4.78 is 30.9. The third-order valence-corrected chi connectivity index (χ3v) is 4.12. The van der Waals surface area contributed by atoms with Crippen molar-refractivity contribution in [3.05, 3.63) is 5.89 Å². The topological polar surface area (TPSA) is 97.1 Å². The van der Waals surface area contributed by atoms with Crippen molar-refractivity contribution in [1.29, 1.82) is 0 Å². The lowest BCUT2D eigenvalue weighted by atomic mass is 10.2. The molecule has 2 rings (SSSR count). The molecule has 0 bridgehead atoms. The molecule has 1 unspecified atom stereocenters. The number of rotatable bonds is 6. The molecule has 0 radical (unpaired) electrons. The summed E-state index contributed by atoms with van der Waals surface area (Å²) in [5.74, 6) is 0.517. The highest BCUT2D eigenvalue weighted by molar-refractivity contribution is 7.92. The first-order chi connectivity index (χ1) is 8.61. The largest absolute Gasteiger partial charge is 0.406 e. The molecule has 0 aromatic carbocycles. The summed E-state index contributed by atoms with van der Waals surface area (Å²) in [6, 6.07) is 0.00111. The Labute approximate surface area is 106 Å². The van der Waals surface area contributed by atoms with E-state index in [2.05, 4.69) is 20.2 Å². The molecule has 1 aliphatic rings. The van der Waals surface area contributed by atoms with E-state index in [0.717, 1.165) is 25.8 Å². The predicted molar refractivity (Wildman–Crippen MR) is 66.6 cm³/mol. The van der Waals surface area contributed by atoms with Gasteiger partial charge in [-0.3, -0.25) is 0 Å². The monoisotopic (exact) mass is 274 g/mol. The maximum absolute atomic E-state index is 11.6. The van der Waals surface area contributed by atoms with Crippen molar-refractivity contribution in [2.45, 2.75) is 38.6 Å². The first-order valence-corrected chi connectivity index (χ1v) is 7.83. The number of sulfonamides is 1. The van der Waals surface area contributed by atoms with E-state index in [-0.39, 0.29) is 17.8 Å². The number of nitrogens with zero attached hydrogens (tertiary/aromatic N) is 2. The number of hydrogen-bond acceptors (Lipinski definition) is 6. The average Bonchev–Trinajstić information content (AvgIpc) is 2.95. The van der Waals surface area contributed by atoms with Gasteiger partial charge >= 0.3 is 6.01 Å². The van der Waals surface area contributed by atoms with E-state index < -0.39 is 10.0 Å². The summed E-state index contributed by atoms with van der Waals surface area (Å²) in [6.07, 6.45) is 3.43. The first-order valence-electron chi connectivity index (χ1n) is 6.18. The van der Waals surface area contributed by atoms with E-state index in [1.165, 1.54) is 0 Å². The van der Waals surface area contributed by atoms with Crippen LogP contribution in [-0.2, 0) is 10.0 Å². The van der Waals surface area contributed by atoms with Crippen molar-refractivity contribution >= 4 is 16.0 Å². The van der Waals surface area contributed by atoms with E-state index in [4.69, 9.17) is 4.42 Å². The molecule has 1 fully saturated rings. The molecule has 1 atom stereocenters. The van der Waals surface area contributed by atoms with Crippen molar-refractivity contribution in [3.8, 4) is 0 Å². The van der Waals surface area contributed by atoms with E-state index >= 15 is 0 Å². The van der Waals surface area contributed by atoms with Gasteiger partial charge in [0.25, 0.3) is 0 Å². The van der Waals surface area contributed by atoms with Crippen molar-refractivity contribution < 1.29 is 12.8 Å². The average molecular weight is 274 g/mol. The highest BCUT2D eigenvalue weighted by Crippen LogP contribution is 2.23. The maximum Gasteiger partial charge on any atom is 0.329 e. The Balaban J connectivity index is 1.97. The zero-order valence-corrected chi connectivity index (χ0v) is 11.2. The fourth-order valence-electron chi connectivity index (χ4n) is 1.83. The van der Waals surface area contributed by atoms with Crippen LogP contribution < -0.4 is 10.0 Å². The van der Waals surface area contributed by atoms with Crippen LogP contribution in [0.3, 0.4) is 0 Å². The van der Waals surface area contributed by atoms with Crippen LogP contribution in [0.4, 0.5) is 6.01 Å². The van der Waals surface area contributed by atoms with Gasteiger partial charge in [0.1, 0.15) is 0 Å². The highest BCUT2D eigenvalue weighted by atomic mass is 32.2. The molecule has 2 heterocycles. The van der Waals surface area contributed by atoms with Gasteiger partial charge in [-0.15, -0.1) is 5.10 Å². The lowest BCUT2D eigenvalue weighted by Gasteiger charge is -2.04. The molecular weight excluding hydrogens is 256 g/mol. The Kier molecular flexibility index (Phi) is 4.18. The fraction of sp³-hybridized carbons (Fsp3) is 0.800.